The Bertz CT molecular complexity index is 1380. The average molecular weight is 719 g/mol. The molecule has 0 saturated heterocycles. The number of nitrogens with one attached hydrogen (secondary N) is 1. The first-order valence-electron chi connectivity index (χ1n) is 18.9. The number of carbonyl (C=O) groups excluding carboxylic acids is 1. The topological polar surface area (TPSA) is 58.4 Å². The number of thioether (sulfide) groups is 2. The summed E-state index contributed by atoms with van der Waals surface area (Å²) in [5, 5.41) is 0. The van der Waals surface area contributed by atoms with Crippen molar-refractivity contribution in [3.05, 3.63) is 99.8 Å². The molecule has 7 heteroatoms. The van der Waals surface area contributed by atoms with Crippen molar-refractivity contribution in [1.82, 2.24) is 5.43 Å². The predicted molar refractivity (Wildman–Crippen MR) is 223 cm³/mol. The summed E-state index contributed by atoms with van der Waals surface area (Å²) in [7, 11) is -0.915. The van der Waals surface area contributed by atoms with Crippen LogP contribution in [0, 0.1) is 0 Å². The molecule has 3 aromatic rings. The molecule has 1 amide bonds. The minimum absolute atomic E-state index is 0.0720. The van der Waals surface area contributed by atoms with Gasteiger partial charge in [-0.1, -0.05) is 113 Å². The molecule has 0 unspecified atom stereocenters. The highest BCUT2D eigenvalue weighted by Gasteiger charge is 2.35. The minimum atomic E-state index is -0.915. The van der Waals surface area contributed by atoms with Gasteiger partial charge in [0, 0.05) is 58.3 Å². The fourth-order valence-corrected chi connectivity index (χ4v) is 14.9. The van der Waals surface area contributed by atoms with Gasteiger partial charge in [0.05, 0.1) is 24.6 Å². The second-order valence-corrected chi connectivity index (χ2v) is 20.4. The SMILES string of the molecule is CCCC[P+](CCCC)(CCCC)CCCSC(SCCCCCC(=O)NN)=C1c2ccccc2N(Cc2ccccc2)c2ccccc21. The number of para-hydroxylation sites is 2. The second-order valence-electron chi connectivity index (χ2n) is 13.5. The van der Waals surface area contributed by atoms with Crippen LogP contribution in [-0.2, 0) is 11.3 Å². The number of hydrazine groups is 1. The molecule has 0 fully saturated rings. The molecule has 4 nitrogen and oxygen atoms in total. The van der Waals surface area contributed by atoms with E-state index in [-0.39, 0.29) is 5.91 Å². The van der Waals surface area contributed by atoms with Crippen molar-refractivity contribution in [2.45, 2.75) is 97.9 Å². The molecule has 0 spiro atoms. The molecule has 1 aliphatic rings. The first-order valence-corrected chi connectivity index (χ1v) is 23.4. The standard InChI is InChI=1S/C42H60N3OPS2/c1-4-7-28-47(29-8-5-2,30-9-6-3)31-20-33-49-42(48-32-19-11-14-27-40(46)44-43)41-36-23-15-17-25-38(36)45(34-35-21-12-10-13-22-35)39-26-18-16-24-37(39)41/h10,12-13,15-18,21-26H,4-9,11,14,19-20,27-34,43H2,1-3H3/p+1. The van der Waals surface area contributed by atoms with Crippen LogP contribution < -0.4 is 16.2 Å². The quantitative estimate of drug-likeness (QED) is 0.0336. The van der Waals surface area contributed by atoms with E-state index in [2.05, 4.69) is 122 Å². The van der Waals surface area contributed by atoms with Gasteiger partial charge in [0.1, 0.15) is 0 Å². The van der Waals surface area contributed by atoms with Gasteiger partial charge < -0.3 is 4.90 Å². The number of hydrogen-bond donors (Lipinski definition) is 2. The Morgan fingerprint density at radius 2 is 1.16 bits per heavy atom. The summed E-state index contributed by atoms with van der Waals surface area (Å²) in [6.45, 7) is 7.95. The number of anilines is 2. The second kappa shape index (κ2) is 21.9. The molecule has 0 atom stereocenters. The van der Waals surface area contributed by atoms with Crippen LogP contribution in [0.25, 0.3) is 5.57 Å². The summed E-state index contributed by atoms with van der Waals surface area (Å²) in [5.41, 5.74) is 10.2. The van der Waals surface area contributed by atoms with Crippen molar-refractivity contribution in [1.29, 1.82) is 0 Å². The van der Waals surface area contributed by atoms with Gasteiger partial charge in [-0.3, -0.25) is 10.2 Å². The molecular weight excluding hydrogens is 658 g/mol. The van der Waals surface area contributed by atoms with Gasteiger partial charge >= 0.3 is 0 Å². The van der Waals surface area contributed by atoms with Gasteiger partial charge in [-0.2, -0.15) is 0 Å². The molecular formula is C42H61N3OPS2+. The van der Waals surface area contributed by atoms with Crippen LogP contribution in [0.3, 0.4) is 0 Å². The lowest BCUT2D eigenvalue weighted by Crippen LogP contribution is -2.29. The Balaban J connectivity index is 1.63. The lowest BCUT2D eigenvalue weighted by atomic mass is 9.91. The molecule has 49 heavy (non-hydrogen) atoms. The van der Waals surface area contributed by atoms with E-state index in [0.29, 0.717) is 6.42 Å². The van der Waals surface area contributed by atoms with Crippen molar-refractivity contribution in [2.75, 3.05) is 41.1 Å². The van der Waals surface area contributed by atoms with E-state index in [0.717, 1.165) is 31.6 Å². The third-order valence-corrected chi connectivity index (χ3v) is 17.4. The highest BCUT2D eigenvalue weighted by Crippen LogP contribution is 2.61. The van der Waals surface area contributed by atoms with Gasteiger partial charge in [0.2, 0.25) is 5.91 Å². The van der Waals surface area contributed by atoms with Crippen LogP contribution in [0.4, 0.5) is 11.4 Å². The molecule has 0 aromatic heterocycles. The third kappa shape index (κ3) is 11.9. The first-order chi connectivity index (χ1) is 24.1. The molecule has 3 N–H and O–H groups in total. The van der Waals surface area contributed by atoms with Crippen molar-refractivity contribution in [2.24, 2.45) is 5.84 Å². The summed E-state index contributed by atoms with van der Waals surface area (Å²) >= 11 is 4.14. The van der Waals surface area contributed by atoms with Crippen LogP contribution in [0.2, 0.25) is 0 Å². The third-order valence-electron chi connectivity index (χ3n) is 9.73. The average Bonchev–Trinajstić information content (AvgIpc) is 3.14. The number of carbonyl (C=O) groups is 1. The van der Waals surface area contributed by atoms with Gasteiger partial charge in [-0.15, -0.1) is 23.5 Å². The summed E-state index contributed by atoms with van der Waals surface area (Å²) in [4.78, 5) is 14.2. The van der Waals surface area contributed by atoms with Crippen molar-refractivity contribution < 1.29 is 4.79 Å². The zero-order valence-corrected chi connectivity index (χ0v) is 33.0. The highest BCUT2D eigenvalue weighted by molar-refractivity contribution is 8.22. The van der Waals surface area contributed by atoms with E-state index in [1.165, 1.54) is 113 Å². The van der Waals surface area contributed by atoms with E-state index in [1.54, 1.807) is 0 Å². The Morgan fingerprint density at radius 1 is 0.653 bits per heavy atom. The minimum Gasteiger partial charge on any atom is -0.336 e. The fourth-order valence-electron chi connectivity index (χ4n) is 6.98. The number of nitrogens with two attached hydrogens (primary N) is 1. The van der Waals surface area contributed by atoms with Gasteiger partial charge in [-0.25, -0.2) is 5.84 Å². The number of unbranched alkanes of at least 4 members (excludes halogenated alkanes) is 5. The Labute approximate surface area is 307 Å². The van der Waals surface area contributed by atoms with Crippen LogP contribution >= 0.6 is 30.8 Å². The molecule has 0 bridgehead atoms. The number of benzene rings is 3. The number of amides is 1. The summed E-state index contributed by atoms with van der Waals surface area (Å²) < 4.78 is 1.46. The predicted octanol–water partition coefficient (Wildman–Crippen LogP) is 11.9. The van der Waals surface area contributed by atoms with Crippen LogP contribution in [0.5, 0.6) is 0 Å². The van der Waals surface area contributed by atoms with Crippen molar-refractivity contribution >= 4 is 53.6 Å². The van der Waals surface area contributed by atoms with E-state index in [4.69, 9.17) is 5.84 Å². The molecule has 0 radical (unpaired) electrons. The summed E-state index contributed by atoms with van der Waals surface area (Å²) in [5.74, 6) is 7.46. The van der Waals surface area contributed by atoms with Crippen molar-refractivity contribution in [3.63, 3.8) is 0 Å². The molecule has 4 rings (SSSR count). The van der Waals surface area contributed by atoms with Gasteiger partial charge in [0.15, 0.2) is 0 Å². The Morgan fingerprint density at radius 3 is 1.71 bits per heavy atom. The van der Waals surface area contributed by atoms with Crippen LogP contribution in [0.15, 0.2) is 83.1 Å². The summed E-state index contributed by atoms with van der Waals surface area (Å²) in [6.07, 6.45) is 18.9. The summed E-state index contributed by atoms with van der Waals surface area (Å²) in [6, 6.07) is 28.9. The number of nitrogens with zero attached hydrogens (tertiary/aromatic N) is 1. The number of rotatable bonds is 23. The fraction of sp³-hybridized carbons (Fsp3) is 0.500. The molecule has 1 heterocycles. The zero-order valence-electron chi connectivity index (χ0n) is 30.4. The number of hydrogen-bond acceptors (Lipinski definition) is 5. The Kier molecular flexibility index (Phi) is 17.6. The van der Waals surface area contributed by atoms with E-state index in [9.17, 15) is 4.79 Å². The number of fused-ring (bicyclic) bond motifs is 2. The van der Waals surface area contributed by atoms with Gasteiger partial charge in [0.25, 0.3) is 0 Å². The molecule has 266 valence electrons. The smallest absolute Gasteiger partial charge is 0.233 e. The molecule has 0 saturated carbocycles. The van der Waals surface area contributed by atoms with E-state index in [1.807, 2.05) is 11.8 Å². The normalized spacial score (nSPS) is 12.5. The monoisotopic (exact) mass is 718 g/mol. The lowest BCUT2D eigenvalue weighted by molar-refractivity contribution is -0.121. The lowest BCUT2D eigenvalue weighted by Gasteiger charge is -2.35. The van der Waals surface area contributed by atoms with E-state index >= 15 is 0 Å². The maximum absolute atomic E-state index is 11.7. The Hall–Kier alpha value is -2.24. The molecule has 3 aromatic carbocycles. The van der Waals surface area contributed by atoms with E-state index < -0.39 is 7.26 Å². The highest BCUT2D eigenvalue weighted by atomic mass is 32.2. The first kappa shape index (κ1) is 39.5. The maximum atomic E-state index is 11.7. The molecule has 0 aliphatic carbocycles. The van der Waals surface area contributed by atoms with Crippen molar-refractivity contribution in [3.8, 4) is 0 Å². The maximum Gasteiger partial charge on any atom is 0.233 e. The zero-order chi connectivity index (χ0) is 34.7. The van der Waals surface area contributed by atoms with Crippen LogP contribution in [0.1, 0.15) is 108 Å². The van der Waals surface area contributed by atoms with Crippen LogP contribution in [-0.4, -0.2) is 42.1 Å². The largest absolute Gasteiger partial charge is 0.336 e. The molecule has 1 aliphatic heterocycles. The van der Waals surface area contributed by atoms with Gasteiger partial charge in [-0.05, 0) is 62.0 Å².